The minimum absolute atomic E-state index is 0.246. The average Bonchev–Trinajstić information content (AvgIpc) is 3.30. The molecule has 1 atom stereocenters. The van der Waals surface area contributed by atoms with Crippen LogP contribution in [0.15, 0.2) is 52.2 Å². The van der Waals surface area contributed by atoms with E-state index in [2.05, 4.69) is 20.6 Å². The number of morpholine rings is 1. The van der Waals surface area contributed by atoms with Gasteiger partial charge in [-0.3, -0.25) is 9.69 Å². The van der Waals surface area contributed by atoms with E-state index in [1.165, 1.54) is 0 Å². The zero-order valence-electron chi connectivity index (χ0n) is 19.7. The molecule has 9 nitrogen and oxygen atoms in total. The van der Waals surface area contributed by atoms with Gasteiger partial charge in [0.05, 0.1) is 13.2 Å². The molecule has 0 radical (unpaired) electrons. The number of ether oxygens (including phenoxy) is 2. The fourth-order valence-electron chi connectivity index (χ4n) is 3.90. The number of rotatable bonds is 8. The van der Waals surface area contributed by atoms with Crippen molar-refractivity contribution in [2.24, 2.45) is 5.18 Å². The van der Waals surface area contributed by atoms with Crippen LogP contribution in [0.25, 0.3) is 10.8 Å². The molecule has 2 heterocycles. The maximum atomic E-state index is 12.9. The van der Waals surface area contributed by atoms with Gasteiger partial charge in [-0.15, -0.1) is 4.91 Å². The Morgan fingerprint density at radius 2 is 1.91 bits per heavy atom. The topological polar surface area (TPSA) is 106 Å². The predicted octanol–water partition coefficient (Wildman–Crippen LogP) is 4.28. The maximum Gasteiger partial charge on any atom is 0.258 e. The highest BCUT2D eigenvalue weighted by atomic mass is 16.5. The first-order valence-corrected chi connectivity index (χ1v) is 11.4. The molecule has 0 bridgehead atoms. The van der Waals surface area contributed by atoms with Crippen LogP contribution in [0.4, 0.5) is 5.82 Å². The minimum atomic E-state index is -1.25. The van der Waals surface area contributed by atoms with Crippen molar-refractivity contribution in [2.75, 3.05) is 44.8 Å². The van der Waals surface area contributed by atoms with Crippen LogP contribution < -0.4 is 10.1 Å². The first kappa shape index (κ1) is 23.8. The SMILES string of the molecule is CC(C)(C)c1cc(NC(=O)C(N=O)c2ccc(OCCN3CCOCC3)c3ccccc23)no1. The first-order valence-electron chi connectivity index (χ1n) is 11.4. The number of nitrogens with one attached hydrogen (secondary N) is 1. The van der Waals surface area contributed by atoms with Crippen LogP contribution in [0.1, 0.15) is 38.1 Å². The first-order chi connectivity index (χ1) is 16.4. The molecule has 1 saturated heterocycles. The van der Waals surface area contributed by atoms with E-state index in [0.29, 0.717) is 23.7 Å². The summed E-state index contributed by atoms with van der Waals surface area (Å²) in [6.45, 7) is 10.5. The van der Waals surface area contributed by atoms with E-state index in [9.17, 15) is 9.70 Å². The van der Waals surface area contributed by atoms with Gasteiger partial charge >= 0.3 is 0 Å². The molecule has 1 amide bonds. The molecule has 1 aliphatic rings. The number of aromatic nitrogens is 1. The zero-order valence-corrected chi connectivity index (χ0v) is 19.7. The number of anilines is 1. The van der Waals surface area contributed by atoms with Gasteiger partial charge in [0.2, 0.25) is 0 Å². The molecule has 180 valence electrons. The Hall–Kier alpha value is -3.30. The fraction of sp³-hybridized carbons (Fsp3) is 0.440. The van der Waals surface area contributed by atoms with E-state index in [0.717, 1.165) is 43.6 Å². The smallest absolute Gasteiger partial charge is 0.258 e. The largest absolute Gasteiger partial charge is 0.492 e. The summed E-state index contributed by atoms with van der Waals surface area (Å²) in [6.07, 6.45) is 0. The third kappa shape index (κ3) is 5.43. The van der Waals surface area contributed by atoms with Crippen molar-refractivity contribution in [1.29, 1.82) is 0 Å². The minimum Gasteiger partial charge on any atom is -0.492 e. The van der Waals surface area contributed by atoms with Crippen molar-refractivity contribution >= 4 is 22.5 Å². The molecule has 34 heavy (non-hydrogen) atoms. The van der Waals surface area contributed by atoms with Crippen LogP contribution in [0, 0.1) is 4.91 Å². The quantitative estimate of drug-likeness (QED) is 0.494. The van der Waals surface area contributed by atoms with Gasteiger partial charge in [0.1, 0.15) is 18.1 Å². The molecular weight excluding hydrogens is 436 g/mol. The number of carbonyl (C=O) groups is 1. The second-order valence-corrected chi connectivity index (χ2v) is 9.32. The highest BCUT2D eigenvalue weighted by Gasteiger charge is 2.27. The van der Waals surface area contributed by atoms with Gasteiger partial charge in [-0.05, 0) is 17.0 Å². The molecule has 2 aromatic carbocycles. The van der Waals surface area contributed by atoms with Gasteiger partial charge in [-0.25, -0.2) is 0 Å². The molecule has 1 unspecified atom stereocenters. The van der Waals surface area contributed by atoms with Gasteiger partial charge in [-0.2, -0.15) is 0 Å². The van der Waals surface area contributed by atoms with Gasteiger partial charge in [-0.1, -0.05) is 61.4 Å². The van der Waals surface area contributed by atoms with Gasteiger partial charge < -0.3 is 19.3 Å². The van der Waals surface area contributed by atoms with Crippen LogP contribution >= 0.6 is 0 Å². The summed E-state index contributed by atoms with van der Waals surface area (Å²) in [7, 11) is 0. The third-order valence-electron chi connectivity index (χ3n) is 5.84. The Morgan fingerprint density at radius 3 is 2.59 bits per heavy atom. The van der Waals surface area contributed by atoms with E-state index >= 15 is 0 Å². The summed E-state index contributed by atoms with van der Waals surface area (Å²) in [6, 6.07) is 11.4. The van der Waals surface area contributed by atoms with Crippen molar-refractivity contribution in [1.82, 2.24) is 10.1 Å². The lowest BCUT2D eigenvalue weighted by molar-refractivity contribution is -0.117. The van der Waals surface area contributed by atoms with Gasteiger partial charge in [0, 0.05) is 36.5 Å². The van der Waals surface area contributed by atoms with Crippen LogP contribution in [0.5, 0.6) is 5.75 Å². The summed E-state index contributed by atoms with van der Waals surface area (Å²) in [5.41, 5.74) is 0.245. The number of hydrogen-bond donors (Lipinski definition) is 1. The van der Waals surface area contributed by atoms with Crippen LogP contribution in [0.3, 0.4) is 0 Å². The van der Waals surface area contributed by atoms with Crippen LogP contribution in [0.2, 0.25) is 0 Å². The van der Waals surface area contributed by atoms with Crippen molar-refractivity contribution in [3.63, 3.8) is 0 Å². The van der Waals surface area contributed by atoms with Gasteiger partial charge in [0.15, 0.2) is 11.9 Å². The Bertz CT molecular complexity index is 1150. The molecular formula is C25H30N4O5. The van der Waals surface area contributed by atoms with E-state index in [4.69, 9.17) is 14.0 Å². The molecule has 0 spiro atoms. The van der Waals surface area contributed by atoms with Crippen molar-refractivity contribution in [3.05, 3.63) is 58.7 Å². The number of carbonyl (C=O) groups excluding carboxylic acids is 1. The summed E-state index contributed by atoms with van der Waals surface area (Å²) < 4.78 is 16.8. The monoisotopic (exact) mass is 466 g/mol. The molecule has 4 rings (SSSR count). The van der Waals surface area contributed by atoms with Crippen LogP contribution in [-0.4, -0.2) is 55.4 Å². The summed E-state index contributed by atoms with van der Waals surface area (Å²) in [5.74, 6) is 0.997. The zero-order chi connectivity index (χ0) is 24.1. The second-order valence-electron chi connectivity index (χ2n) is 9.32. The highest BCUT2D eigenvalue weighted by molar-refractivity contribution is 6.00. The second kappa shape index (κ2) is 10.3. The Balaban J connectivity index is 1.51. The lowest BCUT2D eigenvalue weighted by atomic mass is 9.93. The summed E-state index contributed by atoms with van der Waals surface area (Å²) in [5, 5.41) is 11.2. The number of nitrogens with zero attached hydrogens (tertiary/aromatic N) is 3. The molecule has 1 aromatic heterocycles. The number of nitroso groups, excluding NO2 is 1. The summed E-state index contributed by atoms with van der Waals surface area (Å²) in [4.78, 5) is 27.0. The lowest BCUT2D eigenvalue weighted by Gasteiger charge is -2.26. The number of amides is 1. The molecule has 1 N–H and O–H groups in total. The molecule has 0 saturated carbocycles. The standard InChI is InChI=1S/C25H30N4O5/c1-25(2,3)21-16-22(28-34-21)26-24(30)23(27-31)19-8-9-20(18-7-5-4-6-17(18)19)33-15-12-29-10-13-32-14-11-29/h4-9,16,23H,10-15H2,1-3H3,(H,26,28,30). The fourth-order valence-corrected chi connectivity index (χ4v) is 3.90. The molecule has 9 heteroatoms. The normalized spacial score (nSPS) is 15.7. The predicted molar refractivity (Wildman–Crippen MR) is 129 cm³/mol. The molecule has 0 aliphatic carbocycles. The maximum absolute atomic E-state index is 12.9. The van der Waals surface area contributed by atoms with E-state index in [1.807, 2.05) is 45.0 Å². The molecule has 3 aromatic rings. The Labute approximate surface area is 198 Å². The van der Waals surface area contributed by atoms with E-state index < -0.39 is 11.9 Å². The highest BCUT2D eigenvalue weighted by Crippen LogP contribution is 2.34. The molecule has 1 fully saturated rings. The van der Waals surface area contributed by atoms with Crippen molar-refractivity contribution < 1.29 is 18.8 Å². The number of fused-ring (bicyclic) bond motifs is 1. The Kier molecular flexibility index (Phi) is 7.23. The number of hydrogen-bond acceptors (Lipinski definition) is 8. The van der Waals surface area contributed by atoms with Gasteiger partial charge in [0.25, 0.3) is 5.91 Å². The Morgan fingerprint density at radius 1 is 1.18 bits per heavy atom. The third-order valence-corrected chi connectivity index (χ3v) is 5.84. The van der Waals surface area contributed by atoms with Crippen molar-refractivity contribution in [2.45, 2.75) is 32.2 Å². The van der Waals surface area contributed by atoms with Crippen molar-refractivity contribution in [3.8, 4) is 5.75 Å². The van der Waals surface area contributed by atoms with E-state index in [1.54, 1.807) is 18.2 Å². The molecule has 1 aliphatic heterocycles. The number of benzene rings is 2. The average molecular weight is 467 g/mol. The van der Waals surface area contributed by atoms with Crippen LogP contribution in [-0.2, 0) is 14.9 Å². The summed E-state index contributed by atoms with van der Waals surface area (Å²) >= 11 is 0. The van der Waals surface area contributed by atoms with E-state index in [-0.39, 0.29) is 11.2 Å². The lowest BCUT2D eigenvalue weighted by Crippen LogP contribution is -2.38.